The summed E-state index contributed by atoms with van der Waals surface area (Å²) in [5.41, 5.74) is 0.861. The first-order chi connectivity index (χ1) is 13.4. The van der Waals surface area contributed by atoms with Crippen LogP contribution in [0, 0.1) is 5.41 Å². The average Bonchev–Trinajstić information content (AvgIpc) is 2.74. The highest BCUT2D eigenvalue weighted by atomic mass is 31.2. The first kappa shape index (κ1) is 20.0. The molecule has 150 valence electrons. The largest absolute Gasteiger partial charge is 0.337 e. The van der Waals surface area contributed by atoms with Gasteiger partial charge in [0.15, 0.2) is 0 Å². The number of rotatable bonds is 4. The molecule has 2 heterocycles. The summed E-state index contributed by atoms with van der Waals surface area (Å²) >= 11 is 0. The summed E-state index contributed by atoms with van der Waals surface area (Å²) in [6.07, 6.45) is 0.231. The van der Waals surface area contributed by atoms with E-state index in [-0.39, 0.29) is 38.2 Å². The highest BCUT2D eigenvalue weighted by Gasteiger charge is 2.50. The van der Waals surface area contributed by atoms with Gasteiger partial charge in [-0.3, -0.25) is 9.13 Å². The van der Waals surface area contributed by atoms with Crippen LogP contribution in [0.5, 0.6) is 0 Å². The van der Waals surface area contributed by atoms with Gasteiger partial charge in [-0.2, -0.15) is 0 Å². The van der Waals surface area contributed by atoms with E-state index in [1.807, 2.05) is 67.6 Å². The van der Waals surface area contributed by atoms with Crippen molar-refractivity contribution in [3.05, 3.63) is 71.8 Å². The van der Waals surface area contributed by atoms with Crippen molar-refractivity contribution in [2.75, 3.05) is 26.4 Å². The fourth-order valence-corrected chi connectivity index (χ4v) is 7.11. The summed E-state index contributed by atoms with van der Waals surface area (Å²) in [5, 5.41) is 0. The number of hydrogen-bond acceptors (Lipinski definition) is 6. The summed E-state index contributed by atoms with van der Waals surface area (Å²) in [6.45, 7) is 2.60. The molecule has 1 unspecified atom stereocenters. The molecule has 0 saturated carbocycles. The lowest BCUT2D eigenvalue weighted by Gasteiger charge is -2.43. The van der Waals surface area contributed by atoms with Gasteiger partial charge in [0, 0.05) is 0 Å². The fraction of sp³-hybridized carbons (Fsp3) is 0.400. The number of benzene rings is 2. The van der Waals surface area contributed by atoms with Crippen LogP contribution in [-0.4, -0.2) is 26.4 Å². The van der Waals surface area contributed by atoms with Gasteiger partial charge in [-0.05, 0) is 18.1 Å². The van der Waals surface area contributed by atoms with E-state index >= 15 is 0 Å². The zero-order chi connectivity index (χ0) is 19.7. The van der Waals surface area contributed by atoms with Crippen LogP contribution in [0.3, 0.4) is 0 Å². The Bertz CT molecular complexity index is 875. The molecule has 0 N–H and O–H groups in total. The molecule has 4 rings (SSSR count). The second-order valence-electron chi connectivity index (χ2n) is 7.47. The third-order valence-corrected chi connectivity index (χ3v) is 9.23. The summed E-state index contributed by atoms with van der Waals surface area (Å²) in [6, 6.07) is 19.0. The van der Waals surface area contributed by atoms with Crippen LogP contribution in [0.4, 0.5) is 0 Å². The SMILES string of the molecule is CC(c1ccccc1)P1(=O)OCC2(COP(=O)(Cc3ccccc3)OC2)CO1. The van der Waals surface area contributed by atoms with Gasteiger partial charge in [-0.25, -0.2) is 0 Å². The Kier molecular flexibility index (Phi) is 5.63. The fourth-order valence-electron chi connectivity index (χ4n) is 3.28. The summed E-state index contributed by atoms with van der Waals surface area (Å²) in [7, 11) is -6.49. The van der Waals surface area contributed by atoms with E-state index in [1.54, 1.807) is 0 Å². The molecule has 1 spiro atoms. The van der Waals surface area contributed by atoms with E-state index in [2.05, 4.69) is 0 Å². The van der Waals surface area contributed by atoms with Crippen molar-refractivity contribution in [1.82, 2.24) is 0 Å². The minimum absolute atomic E-state index is 0.187. The first-order valence-electron chi connectivity index (χ1n) is 9.28. The lowest BCUT2D eigenvalue weighted by atomic mass is 9.93. The third kappa shape index (κ3) is 4.18. The van der Waals surface area contributed by atoms with Crippen LogP contribution in [0.2, 0.25) is 0 Å². The second kappa shape index (κ2) is 7.87. The van der Waals surface area contributed by atoms with E-state index in [0.717, 1.165) is 11.1 Å². The predicted molar refractivity (Wildman–Crippen MR) is 106 cm³/mol. The minimum atomic E-state index is -3.29. The van der Waals surface area contributed by atoms with Gasteiger partial charge in [0.05, 0.1) is 43.7 Å². The molecule has 2 aromatic rings. The van der Waals surface area contributed by atoms with E-state index < -0.39 is 20.6 Å². The molecule has 2 fully saturated rings. The molecule has 0 bridgehead atoms. The molecule has 28 heavy (non-hydrogen) atoms. The van der Waals surface area contributed by atoms with E-state index in [0.29, 0.717) is 0 Å². The monoisotopic (exact) mass is 422 g/mol. The van der Waals surface area contributed by atoms with Crippen LogP contribution < -0.4 is 0 Å². The van der Waals surface area contributed by atoms with Crippen LogP contribution in [-0.2, 0) is 33.4 Å². The van der Waals surface area contributed by atoms with Crippen molar-refractivity contribution in [2.24, 2.45) is 5.41 Å². The van der Waals surface area contributed by atoms with Crippen LogP contribution in [0.15, 0.2) is 60.7 Å². The third-order valence-electron chi connectivity index (χ3n) is 5.21. The molecular weight excluding hydrogens is 398 g/mol. The molecular formula is C20H24O6P2. The molecule has 6 nitrogen and oxygen atoms in total. The molecule has 2 aromatic carbocycles. The highest BCUT2D eigenvalue weighted by Crippen LogP contribution is 2.65. The number of hydrogen-bond donors (Lipinski definition) is 0. The summed E-state index contributed by atoms with van der Waals surface area (Å²) < 4.78 is 48.8. The molecule has 2 aliphatic rings. The Morgan fingerprint density at radius 1 is 0.821 bits per heavy atom. The van der Waals surface area contributed by atoms with Gasteiger partial charge in [-0.1, -0.05) is 60.7 Å². The standard InChI is InChI=1S/C20H24O6P2/c1-17(19-10-6-3-7-11-19)28(22)25-15-20(16-26-28)13-23-27(21,24-14-20)12-18-8-4-2-5-9-18/h2-11,17H,12-16H2,1H3. The van der Waals surface area contributed by atoms with Gasteiger partial charge < -0.3 is 18.1 Å². The van der Waals surface area contributed by atoms with Crippen LogP contribution in [0.1, 0.15) is 23.7 Å². The zero-order valence-corrected chi connectivity index (χ0v) is 17.5. The van der Waals surface area contributed by atoms with Crippen molar-refractivity contribution in [3.63, 3.8) is 0 Å². The second-order valence-corrected chi connectivity index (χ2v) is 11.9. The Hall–Kier alpha value is -1.26. The predicted octanol–water partition coefficient (Wildman–Crippen LogP) is 5.41. The Morgan fingerprint density at radius 2 is 1.32 bits per heavy atom. The van der Waals surface area contributed by atoms with Crippen LogP contribution in [0.25, 0.3) is 0 Å². The maximum atomic E-state index is 13.1. The molecule has 1 atom stereocenters. The Balaban J connectivity index is 1.38. The van der Waals surface area contributed by atoms with Crippen LogP contribution >= 0.6 is 15.2 Å². The van der Waals surface area contributed by atoms with Crippen molar-refractivity contribution >= 4 is 15.2 Å². The lowest BCUT2D eigenvalue weighted by Crippen LogP contribution is -2.45. The zero-order valence-electron chi connectivity index (χ0n) is 15.7. The van der Waals surface area contributed by atoms with Gasteiger partial charge >= 0.3 is 15.2 Å². The van der Waals surface area contributed by atoms with Gasteiger partial charge in [0.1, 0.15) is 0 Å². The summed E-state index contributed by atoms with van der Waals surface area (Å²) in [4.78, 5) is 0. The normalized spacial score (nSPS) is 34.2. The molecule has 0 aliphatic carbocycles. The minimum Gasteiger partial charge on any atom is -0.307 e. The van der Waals surface area contributed by atoms with E-state index in [4.69, 9.17) is 18.1 Å². The molecule has 2 aliphatic heterocycles. The lowest BCUT2D eigenvalue weighted by molar-refractivity contribution is -0.0699. The Morgan fingerprint density at radius 3 is 1.89 bits per heavy atom. The van der Waals surface area contributed by atoms with Crippen molar-refractivity contribution < 1.29 is 27.2 Å². The van der Waals surface area contributed by atoms with Crippen molar-refractivity contribution in [2.45, 2.75) is 18.7 Å². The van der Waals surface area contributed by atoms with Gasteiger partial charge in [0.2, 0.25) is 0 Å². The summed E-state index contributed by atoms with van der Waals surface area (Å²) in [5.74, 6) is 0. The smallest absolute Gasteiger partial charge is 0.307 e. The molecule has 0 radical (unpaired) electrons. The van der Waals surface area contributed by atoms with Gasteiger partial charge in [0.25, 0.3) is 0 Å². The van der Waals surface area contributed by atoms with E-state index in [9.17, 15) is 9.13 Å². The topological polar surface area (TPSA) is 71.1 Å². The maximum absolute atomic E-state index is 13.1. The quantitative estimate of drug-likeness (QED) is 0.614. The molecule has 0 aromatic heterocycles. The highest BCUT2D eigenvalue weighted by molar-refractivity contribution is 7.54. The molecule has 0 amide bonds. The van der Waals surface area contributed by atoms with Crippen molar-refractivity contribution in [3.8, 4) is 0 Å². The van der Waals surface area contributed by atoms with E-state index in [1.165, 1.54) is 0 Å². The Labute approximate surface area is 165 Å². The average molecular weight is 422 g/mol. The first-order valence-corrected chi connectivity index (χ1v) is 12.6. The van der Waals surface area contributed by atoms with Gasteiger partial charge in [-0.15, -0.1) is 0 Å². The molecule has 8 heteroatoms. The molecule has 2 saturated heterocycles. The van der Waals surface area contributed by atoms with Crippen molar-refractivity contribution in [1.29, 1.82) is 0 Å². The maximum Gasteiger partial charge on any atom is 0.337 e.